The van der Waals surface area contributed by atoms with Crippen LogP contribution in [0.5, 0.6) is 5.75 Å². The molecule has 2 heterocycles. The van der Waals surface area contributed by atoms with Gasteiger partial charge in [-0.2, -0.15) is 0 Å². The molecular weight excluding hydrogens is 368 g/mol. The number of anilines is 1. The fourth-order valence-corrected chi connectivity index (χ4v) is 3.91. The van der Waals surface area contributed by atoms with Gasteiger partial charge in [-0.25, -0.2) is 4.98 Å². The summed E-state index contributed by atoms with van der Waals surface area (Å²) in [5, 5.41) is 3.49. The van der Waals surface area contributed by atoms with Gasteiger partial charge < -0.3 is 4.74 Å². The molecule has 5 heteroatoms. The maximum absolute atomic E-state index is 12.7. The molecule has 0 saturated heterocycles. The van der Waals surface area contributed by atoms with Gasteiger partial charge in [-0.1, -0.05) is 41.5 Å². The lowest BCUT2D eigenvalue weighted by Crippen LogP contribution is -2.12. The molecule has 1 amide bonds. The van der Waals surface area contributed by atoms with E-state index in [0.717, 1.165) is 28.2 Å². The lowest BCUT2D eigenvalue weighted by atomic mass is 10.1. The van der Waals surface area contributed by atoms with Gasteiger partial charge >= 0.3 is 0 Å². The number of carbonyl (C=O) groups excluding carboxylic acids is 1. The number of aromatic nitrogens is 1. The molecule has 0 fully saturated rings. The Balaban J connectivity index is 1.49. The van der Waals surface area contributed by atoms with Gasteiger partial charge in [0.1, 0.15) is 5.75 Å². The van der Waals surface area contributed by atoms with E-state index in [-0.39, 0.29) is 5.91 Å². The molecule has 4 nitrogen and oxygen atoms in total. The van der Waals surface area contributed by atoms with Crippen molar-refractivity contribution in [3.05, 3.63) is 93.7 Å². The first-order chi connectivity index (χ1) is 13.6. The smallest absolute Gasteiger partial charge is 0.257 e. The van der Waals surface area contributed by atoms with Crippen molar-refractivity contribution in [2.75, 3.05) is 5.32 Å². The molecule has 28 heavy (non-hydrogen) atoms. The van der Waals surface area contributed by atoms with E-state index >= 15 is 0 Å². The fraction of sp³-hybridized carbons (Fsp3) is 0.130. The molecule has 1 N–H and O–H groups in total. The second kappa shape index (κ2) is 7.82. The molecule has 0 unspecified atom stereocenters. The maximum Gasteiger partial charge on any atom is 0.257 e. The predicted octanol–water partition coefficient (Wildman–Crippen LogP) is 5.28. The van der Waals surface area contributed by atoms with Crippen LogP contribution >= 0.6 is 11.3 Å². The van der Waals surface area contributed by atoms with Gasteiger partial charge in [-0.05, 0) is 43.7 Å². The van der Waals surface area contributed by atoms with Crippen LogP contribution in [0.25, 0.3) is 6.08 Å². The highest BCUT2D eigenvalue weighted by Gasteiger charge is 2.14. The van der Waals surface area contributed by atoms with E-state index in [1.165, 1.54) is 28.7 Å². The van der Waals surface area contributed by atoms with Crippen LogP contribution in [-0.4, -0.2) is 10.9 Å². The third kappa shape index (κ3) is 4.21. The highest BCUT2D eigenvalue weighted by atomic mass is 32.1. The summed E-state index contributed by atoms with van der Waals surface area (Å²) in [4.78, 5) is 18.2. The molecule has 3 aromatic rings. The summed E-state index contributed by atoms with van der Waals surface area (Å²) in [6.07, 6.45) is 7.67. The van der Waals surface area contributed by atoms with Crippen LogP contribution in [0.2, 0.25) is 0 Å². The summed E-state index contributed by atoms with van der Waals surface area (Å²) in [5.41, 5.74) is 5.00. The summed E-state index contributed by atoms with van der Waals surface area (Å²) in [6, 6.07) is 14.3. The van der Waals surface area contributed by atoms with Crippen LogP contribution in [0.3, 0.4) is 0 Å². The van der Waals surface area contributed by atoms with Crippen LogP contribution in [0, 0.1) is 13.8 Å². The van der Waals surface area contributed by atoms with E-state index in [2.05, 4.69) is 41.5 Å². The zero-order valence-corrected chi connectivity index (χ0v) is 16.5. The van der Waals surface area contributed by atoms with Crippen molar-refractivity contribution in [2.24, 2.45) is 0 Å². The number of fused-ring (bicyclic) bond motifs is 1. The minimum atomic E-state index is -0.203. The Morgan fingerprint density at radius 3 is 2.86 bits per heavy atom. The van der Waals surface area contributed by atoms with Crippen molar-refractivity contribution in [3.63, 3.8) is 0 Å². The van der Waals surface area contributed by atoms with Crippen molar-refractivity contribution in [1.29, 1.82) is 0 Å². The Labute approximate surface area is 168 Å². The zero-order valence-electron chi connectivity index (χ0n) is 15.7. The average Bonchev–Trinajstić information content (AvgIpc) is 2.97. The predicted molar refractivity (Wildman–Crippen MR) is 114 cm³/mol. The molecule has 0 saturated carbocycles. The van der Waals surface area contributed by atoms with Gasteiger partial charge in [0.05, 0.1) is 6.26 Å². The monoisotopic (exact) mass is 388 g/mol. The Kier molecular flexibility index (Phi) is 5.08. The Bertz CT molecular complexity index is 1100. The Morgan fingerprint density at radius 1 is 1.14 bits per heavy atom. The molecule has 4 rings (SSSR count). The molecule has 1 aromatic heterocycles. The maximum atomic E-state index is 12.7. The summed E-state index contributed by atoms with van der Waals surface area (Å²) in [7, 11) is 0. The lowest BCUT2D eigenvalue weighted by Gasteiger charge is -2.04. The van der Waals surface area contributed by atoms with E-state index in [4.69, 9.17) is 4.74 Å². The number of nitrogens with zero attached hydrogens (tertiary/aromatic N) is 1. The average molecular weight is 388 g/mol. The number of hydrogen-bond acceptors (Lipinski definition) is 4. The molecule has 140 valence electrons. The minimum Gasteiger partial charge on any atom is -0.464 e. The number of carbonyl (C=O) groups is 1. The van der Waals surface area contributed by atoms with E-state index in [1.807, 2.05) is 37.4 Å². The molecular formula is C23H20N2O2S. The molecule has 2 aromatic carbocycles. The number of thiazole rings is 1. The number of ether oxygens (including phenoxy) is 1. The highest BCUT2D eigenvalue weighted by Crippen LogP contribution is 2.27. The van der Waals surface area contributed by atoms with Crippen LogP contribution in [-0.2, 0) is 11.2 Å². The van der Waals surface area contributed by atoms with Gasteiger partial charge in [0.15, 0.2) is 5.13 Å². The Morgan fingerprint density at radius 2 is 2.00 bits per heavy atom. The van der Waals surface area contributed by atoms with Gasteiger partial charge in [-0.3, -0.25) is 10.1 Å². The van der Waals surface area contributed by atoms with Crippen LogP contribution in [0.15, 0.2) is 66.6 Å². The Hall–Kier alpha value is -3.18. The first-order valence-electron chi connectivity index (χ1n) is 9.04. The number of amides is 1. The highest BCUT2D eigenvalue weighted by molar-refractivity contribution is 7.15. The molecule has 0 radical (unpaired) electrons. The lowest BCUT2D eigenvalue weighted by molar-refractivity contribution is -0.112. The van der Waals surface area contributed by atoms with Gasteiger partial charge in [0.2, 0.25) is 0 Å². The van der Waals surface area contributed by atoms with Crippen molar-refractivity contribution < 1.29 is 9.53 Å². The zero-order chi connectivity index (χ0) is 19.5. The number of aryl methyl sites for hydroxylation is 2. The van der Waals surface area contributed by atoms with Gasteiger partial charge in [0.25, 0.3) is 5.91 Å². The number of nitrogens with one attached hydrogen (secondary N) is 1. The molecule has 0 aliphatic carbocycles. The second-order valence-corrected chi connectivity index (χ2v) is 7.93. The van der Waals surface area contributed by atoms with E-state index < -0.39 is 0 Å². The number of hydrogen-bond donors (Lipinski definition) is 1. The molecule has 1 aliphatic heterocycles. The van der Waals surface area contributed by atoms with E-state index in [1.54, 1.807) is 6.08 Å². The number of rotatable bonds is 4. The first-order valence-corrected chi connectivity index (χ1v) is 9.86. The summed E-state index contributed by atoms with van der Waals surface area (Å²) in [5.74, 6) is 0.532. The largest absolute Gasteiger partial charge is 0.464 e. The SMILES string of the molecule is Cc1cccc(Cc2cnc(NC(=O)C3=Cc4cc(C)ccc4OC=C3)s2)c1. The third-order valence-electron chi connectivity index (χ3n) is 4.42. The van der Waals surface area contributed by atoms with Crippen LogP contribution in [0.1, 0.15) is 27.1 Å². The molecule has 1 aliphatic rings. The van der Waals surface area contributed by atoms with Gasteiger partial charge in [0, 0.05) is 28.6 Å². The van der Waals surface area contributed by atoms with E-state index in [9.17, 15) is 4.79 Å². The molecule has 0 atom stereocenters. The summed E-state index contributed by atoms with van der Waals surface area (Å²) in [6.45, 7) is 4.09. The van der Waals surface area contributed by atoms with Crippen molar-refractivity contribution >= 4 is 28.5 Å². The number of benzene rings is 2. The minimum absolute atomic E-state index is 0.203. The van der Waals surface area contributed by atoms with Crippen molar-refractivity contribution in [1.82, 2.24) is 4.98 Å². The van der Waals surface area contributed by atoms with Crippen molar-refractivity contribution in [2.45, 2.75) is 20.3 Å². The summed E-state index contributed by atoms with van der Waals surface area (Å²) < 4.78 is 5.59. The van der Waals surface area contributed by atoms with Gasteiger partial charge in [-0.15, -0.1) is 11.3 Å². The second-order valence-electron chi connectivity index (χ2n) is 6.81. The standard InChI is InChI=1S/C23H20N2O2S/c1-15-4-3-5-17(10-15)12-20-14-24-23(28-20)25-22(26)18-8-9-27-21-7-6-16(2)11-19(21)13-18/h3-11,13-14H,12H2,1-2H3,(H,24,25,26). The first kappa shape index (κ1) is 18.2. The summed E-state index contributed by atoms with van der Waals surface area (Å²) >= 11 is 1.49. The van der Waals surface area contributed by atoms with Crippen molar-refractivity contribution in [3.8, 4) is 5.75 Å². The van der Waals surface area contributed by atoms with Crippen LogP contribution in [0.4, 0.5) is 5.13 Å². The third-order valence-corrected chi connectivity index (χ3v) is 5.33. The fourth-order valence-electron chi connectivity index (χ4n) is 3.07. The van der Waals surface area contributed by atoms with Crippen LogP contribution < -0.4 is 10.1 Å². The molecule has 0 bridgehead atoms. The molecule has 0 spiro atoms. The normalized spacial score (nSPS) is 12.6. The topological polar surface area (TPSA) is 51.2 Å². The quantitative estimate of drug-likeness (QED) is 0.662. The van der Waals surface area contributed by atoms with E-state index in [0.29, 0.717) is 10.7 Å².